The Bertz CT molecular complexity index is 1050. The predicted octanol–water partition coefficient (Wildman–Crippen LogP) is 5.16. The average Bonchev–Trinajstić information content (AvgIpc) is 2.76. The van der Waals surface area contributed by atoms with Crippen molar-refractivity contribution >= 4 is 35.2 Å². The number of hydrogen-bond donors (Lipinski definition) is 2. The fourth-order valence-electron chi connectivity index (χ4n) is 3.26. The zero-order valence-electron chi connectivity index (χ0n) is 18.0. The van der Waals surface area contributed by atoms with Gasteiger partial charge in [-0.2, -0.15) is 0 Å². The van der Waals surface area contributed by atoms with Gasteiger partial charge in [0.05, 0.1) is 25.3 Å². The summed E-state index contributed by atoms with van der Waals surface area (Å²) in [5.74, 6) is 0.441. The molecule has 2 aromatic rings. The Hall–Kier alpha value is -2.90. The maximum Gasteiger partial charge on any atom is 0.338 e. The van der Waals surface area contributed by atoms with Crippen molar-refractivity contribution in [1.82, 2.24) is 10.6 Å². The van der Waals surface area contributed by atoms with Crippen molar-refractivity contribution < 1.29 is 23.8 Å². The first-order chi connectivity index (χ1) is 15.3. The molecule has 0 spiro atoms. The van der Waals surface area contributed by atoms with Crippen LogP contribution in [0.25, 0.3) is 0 Å². The van der Waals surface area contributed by atoms with E-state index in [4.69, 9.17) is 37.4 Å². The Morgan fingerprint density at radius 2 is 1.91 bits per heavy atom. The van der Waals surface area contributed by atoms with Crippen LogP contribution in [0.5, 0.6) is 11.5 Å². The van der Waals surface area contributed by atoms with Crippen LogP contribution in [0, 0.1) is 0 Å². The molecule has 3 rings (SSSR count). The van der Waals surface area contributed by atoms with E-state index in [-0.39, 0.29) is 6.61 Å². The van der Waals surface area contributed by atoms with Crippen LogP contribution in [0.15, 0.2) is 47.7 Å². The van der Waals surface area contributed by atoms with Gasteiger partial charge in [0.1, 0.15) is 6.61 Å². The van der Waals surface area contributed by atoms with Crippen molar-refractivity contribution in [2.24, 2.45) is 0 Å². The number of carbonyl (C=O) groups is 2. The molecule has 7 nitrogen and oxygen atoms in total. The van der Waals surface area contributed by atoms with Crippen molar-refractivity contribution in [3.63, 3.8) is 0 Å². The number of halogens is 2. The van der Waals surface area contributed by atoms with Gasteiger partial charge in [0.25, 0.3) is 0 Å². The summed E-state index contributed by atoms with van der Waals surface area (Å²) in [4.78, 5) is 24.7. The average molecular weight is 479 g/mol. The number of esters is 1. The smallest absolute Gasteiger partial charge is 0.338 e. The third-order valence-corrected chi connectivity index (χ3v) is 5.43. The minimum Gasteiger partial charge on any atom is -0.493 e. The highest BCUT2D eigenvalue weighted by Crippen LogP contribution is 2.35. The number of benzene rings is 2. The number of rotatable bonds is 8. The largest absolute Gasteiger partial charge is 0.493 e. The molecule has 0 aromatic heterocycles. The fourth-order valence-corrected chi connectivity index (χ4v) is 3.73. The number of ether oxygens (including phenoxy) is 3. The van der Waals surface area contributed by atoms with Crippen LogP contribution in [0.2, 0.25) is 10.0 Å². The number of hydrogen-bond acceptors (Lipinski definition) is 5. The van der Waals surface area contributed by atoms with Crippen LogP contribution in [-0.4, -0.2) is 25.7 Å². The number of nitrogens with one attached hydrogen (secondary N) is 2. The topological polar surface area (TPSA) is 85.9 Å². The zero-order chi connectivity index (χ0) is 23.3. The molecule has 2 N–H and O–H groups in total. The van der Waals surface area contributed by atoms with Gasteiger partial charge >= 0.3 is 12.0 Å². The first-order valence-electron chi connectivity index (χ1n) is 10.0. The predicted molar refractivity (Wildman–Crippen MR) is 122 cm³/mol. The summed E-state index contributed by atoms with van der Waals surface area (Å²) in [6.45, 7) is 4.08. The first kappa shape index (κ1) is 23.8. The third kappa shape index (κ3) is 5.47. The van der Waals surface area contributed by atoms with Gasteiger partial charge in [-0.25, -0.2) is 9.59 Å². The Morgan fingerprint density at radius 3 is 2.59 bits per heavy atom. The number of urea groups is 1. The Kier molecular flexibility index (Phi) is 7.88. The first-order valence-corrected chi connectivity index (χ1v) is 10.8. The molecule has 0 bridgehead atoms. The van der Waals surface area contributed by atoms with E-state index in [1.807, 2.05) is 6.92 Å². The summed E-state index contributed by atoms with van der Waals surface area (Å²) in [5, 5.41) is 6.45. The van der Waals surface area contributed by atoms with Gasteiger partial charge in [0.2, 0.25) is 0 Å². The van der Waals surface area contributed by atoms with Crippen molar-refractivity contribution in [1.29, 1.82) is 0 Å². The van der Waals surface area contributed by atoms with Gasteiger partial charge < -0.3 is 24.8 Å². The molecule has 32 heavy (non-hydrogen) atoms. The lowest BCUT2D eigenvalue weighted by atomic mass is 9.95. The Morgan fingerprint density at radius 1 is 1.12 bits per heavy atom. The minimum atomic E-state index is -0.693. The molecule has 1 heterocycles. The standard InChI is InChI=1S/C23H24Cl2N2O5/c1-4-9-31-22(28)20-13(2)26-23(29)27-21(20)14-6-8-18(19(10-14)30-3)32-12-15-5-7-16(24)11-17(15)25/h5-8,10-11,21H,4,9,12H2,1-3H3,(H2,26,27,29). The lowest BCUT2D eigenvalue weighted by molar-refractivity contribution is -0.139. The second-order valence-electron chi connectivity index (χ2n) is 7.14. The summed E-state index contributed by atoms with van der Waals surface area (Å²) in [5.41, 5.74) is 2.20. The lowest BCUT2D eigenvalue weighted by Gasteiger charge is -2.28. The van der Waals surface area contributed by atoms with Crippen LogP contribution >= 0.6 is 23.2 Å². The Labute approximate surface area is 196 Å². The molecule has 9 heteroatoms. The molecule has 1 aliphatic rings. The highest BCUT2D eigenvalue weighted by Gasteiger charge is 2.32. The van der Waals surface area contributed by atoms with Gasteiger partial charge in [-0.1, -0.05) is 42.3 Å². The molecular formula is C23H24Cl2N2O5. The molecule has 0 fully saturated rings. The van der Waals surface area contributed by atoms with Crippen molar-refractivity contribution in [2.75, 3.05) is 13.7 Å². The summed E-state index contributed by atoms with van der Waals surface area (Å²) >= 11 is 12.2. The van der Waals surface area contributed by atoms with Crippen LogP contribution < -0.4 is 20.1 Å². The number of allylic oxidation sites excluding steroid dienone is 1. The monoisotopic (exact) mass is 478 g/mol. The number of methoxy groups -OCH3 is 1. The van der Waals surface area contributed by atoms with Crippen LogP contribution in [0.1, 0.15) is 37.4 Å². The second-order valence-corrected chi connectivity index (χ2v) is 7.98. The van der Waals surface area contributed by atoms with E-state index in [9.17, 15) is 9.59 Å². The molecule has 0 radical (unpaired) electrons. The van der Waals surface area contributed by atoms with E-state index in [0.717, 1.165) is 5.56 Å². The van der Waals surface area contributed by atoms with Gasteiger partial charge in [0.15, 0.2) is 11.5 Å². The molecule has 1 aliphatic heterocycles. The van der Waals surface area contributed by atoms with Crippen LogP contribution in [-0.2, 0) is 16.1 Å². The van der Waals surface area contributed by atoms with Gasteiger partial charge in [0, 0.05) is 21.3 Å². The summed E-state index contributed by atoms with van der Waals surface area (Å²) in [7, 11) is 1.51. The maximum atomic E-state index is 12.6. The van der Waals surface area contributed by atoms with E-state index in [1.165, 1.54) is 7.11 Å². The van der Waals surface area contributed by atoms with Crippen molar-refractivity contribution in [2.45, 2.75) is 32.9 Å². The summed E-state index contributed by atoms with van der Waals surface area (Å²) < 4.78 is 16.7. The lowest BCUT2D eigenvalue weighted by Crippen LogP contribution is -2.45. The number of carbonyl (C=O) groups excluding carboxylic acids is 2. The quantitative estimate of drug-likeness (QED) is 0.511. The molecule has 0 saturated carbocycles. The molecule has 170 valence electrons. The normalized spacial score (nSPS) is 15.7. The SMILES string of the molecule is CCCOC(=O)C1=C(C)NC(=O)NC1c1ccc(OCc2ccc(Cl)cc2Cl)c(OC)c1. The van der Waals surface area contributed by atoms with Gasteiger partial charge in [-0.05, 0) is 43.2 Å². The molecule has 2 amide bonds. The summed E-state index contributed by atoms with van der Waals surface area (Å²) in [6, 6.07) is 9.27. The molecule has 0 saturated heterocycles. The molecule has 0 aliphatic carbocycles. The van der Waals surface area contributed by atoms with E-state index in [2.05, 4.69) is 10.6 Å². The van der Waals surface area contributed by atoms with Crippen LogP contribution in [0.3, 0.4) is 0 Å². The third-order valence-electron chi connectivity index (χ3n) is 4.85. The second kappa shape index (κ2) is 10.6. The van der Waals surface area contributed by atoms with E-state index in [1.54, 1.807) is 43.3 Å². The minimum absolute atomic E-state index is 0.212. The summed E-state index contributed by atoms with van der Waals surface area (Å²) in [6.07, 6.45) is 0.694. The Balaban J connectivity index is 1.86. The van der Waals surface area contributed by atoms with Crippen LogP contribution in [0.4, 0.5) is 4.79 Å². The van der Waals surface area contributed by atoms with Gasteiger partial charge in [-0.3, -0.25) is 0 Å². The molecule has 1 unspecified atom stereocenters. The highest BCUT2D eigenvalue weighted by molar-refractivity contribution is 6.35. The van der Waals surface area contributed by atoms with E-state index < -0.39 is 18.0 Å². The van der Waals surface area contributed by atoms with Gasteiger partial charge in [-0.15, -0.1) is 0 Å². The van der Waals surface area contributed by atoms with E-state index in [0.29, 0.717) is 51.4 Å². The fraction of sp³-hybridized carbons (Fsp3) is 0.304. The zero-order valence-corrected chi connectivity index (χ0v) is 19.5. The molecule has 1 atom stereocenters. The highest BCUT2D eigenvalue weighted by atomic mass is 35.5. The van der Waals surface area contributed by atoms with E-state index >= 15 is 0 Å². The number of amides is 2. The van der Waals surface area contributed by atoms with Crippen molar-refractivity contribution in [3.05, 3.63) is 68.8 Å². The van der Waals surface area contributed by atoms with Crippen molar-refractivity contribution in [3.8, 4) is 11.5 Å². The molecule has 2 aromatic carbocycles. The molecular weight excluding hydrogens is 455 g/mol. The maximum absolute atomic E-state index is 12.6.